The molecule has 3 amide bonds. The van der Waals surface area contributed by atoms with E-state index in [1.54, 1.807) is 31.4 Å². The number of allylic oxidation sites excluding steroid dienone is 2. The van der Waals surface area contributed by atoms with Crippen molar-refractivity contribution in [1.82, 2.24) is 4.90 Å². The first kappa shape index (κ1) is 36.4. The molecule has 0 spiro atoms. The van der Waals surface area contributed by atoms with Crippen LogP contribution in [-0.4, -0.2) is 35.9 Å². The molecule has 0 aliphatic carbocycles. The number of primary amides is 1. The molecule has 0 aromatic rings. The predicted molar refractivity (Wildman–Crippen MR) is 123 cm³/mol. The summed E-state index contributed by atoms with van der Waals surface area (Å²) < 4.78 is 0. The monoisotopic (exact) mass is 404 g/mol. The van der Waals surface area contributed by atoms with Crippen molar-refractivity contribution in [3.63, 3.8) is 0 Å². The molecule has 0 aliphatic heterocycles. The first-order valence-electron chi connectivity index (χ1n) is 9.85. The fourth-order valence-electron chi connectivity index (χ4n) is 1.60. The normalized spacial score (nSPS) is 9.04. The predicted octanol–water partition coefficient (Wildman–Crippen LogP) is 5.16. The van der Waals surface area contributed by atoms with Crippen molar-refractivity contribution in [3.05, 3.63) is 23.8 Å². The Morgan fingerprint density at radius 1 is 0.926 bits per heavy atom. The second kappa shape index (κ2) is 35.5. The highest BCUT2D eigenvalue weighted by Crippen LogP contribution is 2.06. The maximum atomic E-state index is 12.0. The minimum Gasteiger partial charge on any atom is -0.370 e. The third-order valence-electron chi connectivity index (χ3n) is 2.61. The third-order valence-corrected chi connectivity index (χ3v) is 2.61. The van der Waals surface area contributed by atoms with E-state index in [1.807, 2.05) is 48.5 Å². The average molecular weight is 405 g/mol. The molecule has 27 heavy (non-hydrogen) atoms. The van der Waals surface area contributed by atoms with Gasteiger partial charge < -0.3 is 5.73 Å². The molecular weight excluding hydrogens is 360 g/mol. The van der Waals surface area contributed by atoms with Crippen LogP contribution >= 0.6 is 12.6 Å². The number of imide groups is 1. The minimum atomic E-state index is -0.326. The Morgan fingerprint density at radius 2 is 1.41 bits per heavy atom. The maximum Gasteiger partial charge on any atom is 0.259 e. The van der Waals surface area contributed by atoms with Gasteiger partial charge in [-0.15, -0.1) is 0 Å². The summed E-state index contributed by atoms with van der Waals surface area (Å²) in [5.41, 5.74) is 5.52. The molecule has 0 fully saturated rings. The number of hydrogen-bond donors (Lipinski definition) is 2. The summed E-state index contributed by atoms with van der Waals surface area (Å²) in [7, 11) is 0. The molecule has 0 bridgehead atoms. The lowest BCUT2D eigenvalue weighted by Gasteiger charge is -2.15. The molecule has 0 aromatic carbocycles. The second-order valence-corrected chi connectivity index (χ2v) is 4.12. The van der Waals surface area contributed by atoms with Crippen LogP contribution in [0.25, 0.3) is 0 Å². The van der Waals surface area contributed by atoms with Crippen molar-refractivity contribution in [2.75, 3.05) is 12.8 Å². The summed E-state index contributed by atoms with van der Waals surface area (Å²) >= 11 is 3.53. The SMILES string of the molecule is C/C=C\C(=C/C)C(=O)N(C=O)CCCCCC(N)=O.CC.CC.CC.CS. The highest BCUT2D eigenvalue weighted by atomic mass is 32.1. The summed E-state index contributed by atoms with van der Waals surface area (Å²) in [5, 5.41) is 0. The molecule has 0 aromatic heterocycles. The summed E-state index contributed by atoms with van der Waals surface area (Å²) in [6, 6.07) is 0. The Kier molecular flexibility index (Phi) is 47.9. The van der Waals surface area contributed by atoms with E-state index in [0.29, 0.717) is 37.8 Å². The Balaban J connectivity index is -0.000000177. The number of nitrogens with zero attached hydrogens (tertiary/aromatic N) is 1. The molecular formula is C21H44N2O3S. The van der Waals surface area contributed by atoms with Gasteiger partial charge in [-0.25, -0.2) is 0 Å². The highest BCUT2D eigenvalue weighted by molar-refractivity contribution is 7.79. The summed E-state index contributed by atoms with van der Waals surface area (Å²) in [5.74, 6) is -0.627. The number of nitrogens with two attached hydrogens (primary N) is 1. The van der Waals surface area contributed by atoms with Crippen LogP contribution in [0.4, 0.5) is 0 Å². The van der Waals surface area contributed by atoms with Crippen molar-refractivity contribution < 1.29 is 14.4 Å². The number of rotatable bonds is 9. The zero-order valence-electron chi connectivity index (χ0n) is 19.0. The molecule has 5 nitrogen and oxygen atoms in total. The van der Waals surface area contributed by atoms with Crippen molar-refractivity contribution in [1.29, 1.82) is 0 Å². The smallest absolute Gasteiger partial charge is 0.259 e. The lowest BCUT2D eigenvalue weighted by Crippen LogP contribution is -2.31. The van der Waals surface area contributed by atoms with Crippen molar-refractivity contribution in [3.8, 4) is 0 Å². The van der Waals surface area contributed by atoms with Gasteiger partial charge in [-0.3, -0.25) is 19.3 Å². The van der Waals surface area contributed by atoms with E-state index < -0.39 is 0 Å². The van der Waals surface area contributed by atoms with E-state index in [-0.39, 0.29) is 11.8 Å². The van der Waals surface area contributed by atoms with Crippen LogP contribution in [0, 0.1) is 0 Å². The molecule has 0 rings (SSSR count). The first-order chi connectivity index (χ1) is 13.1. The van der Waals surface area contributed by atoms with Crippen LogP contribution in [0.5, 0.6) is 0 Å². The van der Waals surface area contributed by atoms with E-state index >= 15 is 0 Å². The fourth-order valence-corrected chi connectivity index (χ4v) is 1.60. The Morgan fingerprint density at radius 3 is 1.74 bits per heavy atom. The Bertz CT molecular complexity index is 382. The quantitative estimate of drug-likeness (QED) is 0.183. The van der Waals surface area contributed by atoms with E-state index in [0.717, 1.165) is 11.3 Å². The first-order valence-corrected chi connectivity index (χ1v) is 10.7. The lowest BCUT2D eigenvalue weighted by atomic mass is 10.1. The lowest BCUT2D eigenvalue weighted by molar-refractivity contribution is -0.135. The molecule has 2 N–H and O–H groups in total. The number of thiol groups is 1. The maximum absolute atomic E-state index is 12.0. The molecule has 6 heteroatoms. The van der Waals surface area contributed by atoms with E-state index in [9.17, 15) is 14.4 Å². The molecule has 0 heterocycles. The zero-order chi connectivity index (χ0) is 22.7. The van der Waals surface area contributed by atoms with Gasteiger partial charge in [-0.2, -0.15) is 12.6 Å². The van der Waals surface area contributed by atoms with Gasteiger partial charge in [-0.1, -0.05) is 66.2 Å². The molecule has 0 unspecified atom stereocenters. The van der Waals surface area contributed by atoms with E-state index in [4.69, 9.17) is 5.73 Å². The van der Waals surface area contributed by atoms with Crippen LogP contribution < -0.4 is 5.73 Å². The van der Waals surface area contributed by atoms with Gasteiger partial charge >= 0.3 is 0 Å². The van der Waals surface area contributed by atoms with E-state index in [1.165, 1.54) is 0 Å². The van der Waals surface area contributed by atoms with Crippen LogP contribution in [0.1, 0.15) is 81.1 Å². The van der Waals surface area contributed by atoms with Gasteiger partial charge in [0.25, 0.3) is 5.91 Å². The van der Waals surface area contributed by atoms with Crippen LogP contribution in [0.2, 0.25) is 0 Å². The third kappa shape index (κ3) is 26.8. The van der Waals surface area contributed by atoms with Gasteiger partial charge in [0, 0.05) is 18.5 Å². The molecule has 0 atom stereocenters. The van der Waals surface area contributed by atoms with Crippen molar-refractivity contribution >= 4 is 30.9 Å². The van der Waals surface area contributed by atoms with Crippen molar-refractivity contribution in [2.24, 2.45) is 5.73 Å². The molecule has 0 radical (unpaired) electrons. The van der Waals surface area contributed by atoms with Crippen LogP contribution in [-0.2, 0) is 14.4 Å². The summed E-state index contributed by atoms with van der Waals surface area (Å²) in [6.45, 7) is 15.9. The summed E-state index contributed by atoms with van der Waals surface area (Å²) in [4.78, 5) is 34.6. The van der Waals surface area contributed by atoms with Gasteiger partial charge in [-0.05, 0) is 32.9 Å². The largest absolute Gasteiger partial charge is 0.370 e. The molecule has 162 valence electrons. The van der Waals surface area contributed by atoms with Crippen LogP contribution in [0.3, 0.4) is 0 Å². The van der Waals surface area contributed by atoms with Gasteiger partial charge in [0.1, 0.15) is 0 Å². The zero-order valence-corrected chi connectivity index (χ0v) is 19.9. The summed E-state index contributed by atoms with van der Waals surface area (Å²) in [6.07, 6.45) is 9.79. The number of carbonyl (C=O) groups is 3. The fraction of sp³-hybridized carbons (Fsp3) is 0.667. The Hall–Kier alpha value is -1.56. The Labute approximate surface area is 173 Å². The van der Waals surface area contributed by atoms with Gasteiger partial charge in [0.05, 0.1) is 0 Å². The number of amides is 3. The number of carbonyl (C=O) groups excluding carboxylic acids is 3. The number of unbranched alkanes of at least 4 members (excludes halogenated alkanes) is 2. The molecule has 0 aliphatic rings. The highest BCUT2D eigenvalue weighted by Gasteiger charge is 2.14. The molecule has 0 saturated heterocycles. The number of hydrogen-bond acceptors (Lipinski definition) is 4. The van der Waals surface area contributed by atoms with E-state index in [2.05, 4.69) is 12.6 Å². The topological polar surface area (TPSA) is 80.5 Å². The van der Waals surface area contributed by atoms with Gasteiger partial charge in [0.2, 0.25) is 12.3 Å². The standard InChI is InChI=1S/C14H22N2O3.3C2H6.CH4S/c1-3-8-12(4-2)14(19)16(11-17)10-7-5-6-9-13(15)18;4*1-2/h3-4,8,11H,5-7,9-10H2,1-2H3,(H2,15,18);3*1-2H3;2H,1H3/b8-3-,12-4+;;;;. The average Bonchev–Trinajstić information content (AvgIpc) is 2.74. The van der Waals surface area contributed by atoms with Crippen LogP contribution in [0.15, 0.2) is 23.8 Å². The second-order valence-electron chi connectivity index (χ2n) is 4.12. The minimum absolute atomic E-state index is 0.300. The van der Waals surface area contributed by atoms with Crippen molar-refractivity contribution in [2.45, 2.75) is 81.1 Å². The van der Waals surface area contributed by atoms with Gasteiger partial charge in [0.15, 0.2) is 0 Å². The molecule has 0 saturated carbocycles.